The number of hydrogen-bond donors (Lipinski definition) is 0. The third-order valence-electron chi connectivity index (χ3n) is 4.43. The van der Waals surface area contributed by atoms with Crippen molar-refractivity contribution in [2.75, 3.05) is 11.4 Å². The van der Waals surface area contributed by atoms with Gasteiger partial charge in [-0.25, -0.2) is 9.97 Å². The summed E-state index contributed by atoms with van der Waals surface area (Å²) in [5.41, 5.74) is 3.30. The maximum Gasteiger partial charge on any atom is 0.176 e. The van der Waals surface area contributed by atoms with E-state index in [9.17, 15) is 0 Å². The molecule has 0 aliphatic carbocycles. The summed E-state index contributed by atoms with van der Waals surface area (Å²) < 4.78 is 3.87. The summed E-state index contributed by atoms with van der Waals surface area (Å²) in [7, 11) is 2.12. The van der Waals surface area contributed by atoms with E-state index in [4.69, 9.17) is 4.98 Å². The minimum atomic E-state index is 0.437. The standard InChI is InChI=1S/C16H21N7/c1-10(2)16-18-12-9-22(8-7-13(12)21(16)4)15-6-5-14-17-11(3)19-23(14)20-15/h5-6,10H,7-9H2,1-4H3. The molecule has 3 aromatic rings. The summed E-state index contributed by atoms with van der Waals surface area (Å²) in [6, 6.07) is 3.98. The van der Waals surface area contributed by atoms with Crippen LogP contribution in [-0.4, -0.2) is 35.9 Å². The van der Waals surface area contributed by atoms with E-state index in [2.05, 4.69) is 45.5 Å². The molecule has 23 heavy (non-hydrogen) atoms. The Morgan fingerprint density at radius 1 is 1.13 bits per heavy atom. The topological polar surface area (TPSA) is 64.1 Å². The first kappa shape index (κ1) is 14.2. The van der Waals surface area contributed by atoms with Gasteiger partial charge in [0.15, 0.2) is 11.5 Å². The van der Waals surface area contributed by atoms with E-state index < -0.39 is 0 Å². The summed E-state index contributed by atoms with van der Waals surface area (Å²) >= 11 is 0. The van der Waals surface area contributed by atoms with Crippen molar-refractivity contribution in [3.63, 3.8) is 0 Å². The van der Waals surface area contributed by atoms with Gasteiger partial charge in [0, 0.05) is 31.6 Å². The lowest BCUT2D eigenvalue weighted by molar-refractivity contribution is 0.650. The number of rotatable bonds is 2. The highest BCUT2D eigenvalue weighted by molar-refractivity contribution is 5.47. The molecule has 0 amide bonds. The van der Waals surface area contributed by atoms with Crippen LogP contribution in [0.1, 0.15) is 42.8 Å². The molecule has 0 fully saturated rings. The number of imidazole rings is 1. The van der Waals surface area contributed by atoms with Crippen LogP contribution in [0.4, 0.5) is 5.82 Å². The largest absolute Gasteiger partial charge is 0.349 e. The van der Waals surface area contributed by atoms with Crippen LogP contribution in [0.25, 0.3) is 5.65 Å². The molecule has 120 valence electrons. The predicted molar refractivity (Wildman–Crippen MR) is 87.6 cm³/mol. The van der Waals surface area contributed by atoms with Gasteiger partial charge in [-0.3, -0.25) is 0 Å². The molecule has 0 saturated carbocycles. The number of fused-ring (bicyclic) bond motifs is 2. The maximum atomic E-state index is 4.85. The van der Waals surface area contributed by atoms with Gasteiger partial charge in [-0.2, -0.15) is 0 Å². The second-order valence-corrected chi connectivity index (χ2v) is 6.45. The van der Waals surface area contributed by atoms with Crippen molar-refractivity contribution in [2.45, 2.75) is 39.7 Å². The summed E-state index contributed by atoms with van der Waals surface area (Å²) in [5.74, 6) is 3.26. The SMILES string of the molecule is Cc1nc2ccc(N3CCc4c(nc(C(C)C)n4C)C3)nn2n1. The molecule has 4 rings (SSSR count). The fourth-order valence-electron chi connectivity index (χ4n) is 3.31. The summed E-state index contributed by atoms with van der Waals surface area (Å²) in [4.78, 5) is 11.4. The summed E-state index contributed by atoms with van der Waals surface area (Å²) in [6.45, 7) is 7.99. The molecular formula is C16H21N7. The van der Waals surface area contributed by atoms with Crippen molar-refractivity contribution in [3.8, 4) is 0 Å². The molecule has 0 aromatic carbocycles. The smallest absolute Gasteiger partial charge is 0.176 e. The quantitative estimate of drug-likeness (QED) is 0.723. The Bertz CT molecular complexity index is 874. The number of nitrogens with zero attached hydrogens (tertiary/aromatic N) is 7. The van der Waals surface area contributed by atoms with E-state index in [1.165, 1.54) is 11.4 Å². The number of anilines is 1. The molecule has 0 atom stereocenters. The Morgan fingerprint density at radius 3 is 2.74 bits per heavy atom. The average molecular weight is 311 g/mol. The van der Waals surface area contributed by atoms with Gasteiger partial charge < -0.3 is 9.47 Å². The molecule has 7 heteroatoms. The molecular weight excluding hydrogens is 290 g/mol. The van der Waals surface area contributed by atoms with E-state index in [1.807, 2.05) is 19.1 Å². The lowest BCUT2D eigenvalue weighted by atomic mass is 10.1. The van der Waals surface area contributed by atoms with Gasteiger partial charge in [0.25, 0.3) is 0 Å². The van der Waals surface area contributed by atoms with Gasteiger partial charge in [-0.05, 0) is 19.1 Å². The minimum absolute atomic E-state index is 0.437. The zero-order chi connectivity index (χ0) is 16.1. The Labute approximate surface area is 135 Å². The molecule has 0 unspecified atom stereocenters. The van der Waals surface area contributed by atoms with Gasteiger partial charge in [0.2, 0.25) is 0 Å². The zero-order valence-electron chi connectivity index (χ0n) is 14.0. The second-order valence-electron chi connectivity index (χ2n) is 6.45. The third kappa shape index (κ3) is 2.27. The molecule has 1 aliphatic rings. The Hall–Kier alpha value is -2.44. The monoisotopic (exact) mass is 311 g/mol. The van der Waals surface area contributed by atoms with Gasteiger partial charge >= 0.3 is 0 Å². The first-order chi connectivity index (χ1) is 11.0. The van der Waals surface area contributed by atoms with E-state index in [1.54, 1.807) is 4.63 Å². The lowest BCUT2D eigenvalue weighted by Crippen LogP contribution is -2.32. The van der Waals surface area contributed by atoms with E-state index in [0.717, 1.165) is 42.6 Å². The minimum Gasteiger partial charge on any atom is -0.349 e. The zero-order valence-corrected chi connectivity index (χ0v) is 14.0. The second kappa shape index (κ2) is 5.04. The summed E-state index contributed by atoms with van der Waals surface area (Å²) in [6.07, 6.45) is 0.988. The van der Waals surface area contributed by atoms with Crippen LogP contribution >= 0.6 is 0 Å². The van der Waals surface area contributed by atoms with Crippen LogP contribution in [0.5, 0.6) is 0 Å². The highest BCUT2D eigenvalue weighted by atomic mass is 15.5. The first-order valence-corrected chi connectivity index (χ1v) is 8.03. The van der Waals surface area contributed by atoms with Crippen molar-refractivity contribution >= 4 is 11.5 Å². The van der Waals surface area contributed by atoms with Gasteiger partial charge in [0.05, 0.1) is 12.2 Å². The first-order valence-electron chi connectivity index (χ1n) is 8.03. The van der Waals surface area contributed by atoms with Crippen LogP contribution in [-0.2, 0) is 20.0 Å². The number of aryl methyl sites for hydroxylation is 1. The van der Waals surface area contributed by atoms with Crippen molar-refractivity contribution < 1.29 is 0 Å². The highest BCUT2D eigenvalue weighted by Crippen LogP contribution is 2.25. The molecule has 4 heterocycles. The van der Waals surface area contributed by atoms with E-state index >= 15 is 0 Å². The molecule has 0 N–H and O–H groups in total. The van der Waals surface area contributed by atoms with Crippen molar-refractivity contribution in [2.24, 2.45) is 7.05 Å². The highest BCUT2D eigenvalue weighted by Gasteiger charge is 2.24. The van der Waals surface area contributed by atoms with Crippen molar-refractivity contribution in [1.29, 1.82) is 0 Å². The number of aromatic nitrogens is 6. The molecule has 3 aromatic heterocycles. The van der Waals surface area contributed by atoms with Crippen LogP contribution in [0.3, 0.4) is 0 Å². The van der Waals surface area contributed by atoms with Gasteiger partial charge in [-0.1, -0.05) is 13.8 Å². The van der Waals surface area contributed by atoms with Gasteiger partial charge in [-0.15, -0.1) is 14.8 Å². The van der Waals surface area contributed by atoms with Crippen LogP contribution in [0.2, 0.25) is 0 Å². The van der Waals surface area contributed by atoms with Crippen LogP contribution in [0.15, 0.2) is 12.1 Å². The fraction of sp³-hybridized carbons (Fsp3) is 0.500. The molecule has 7 nitrogen and oxygen atoms in total. The number of hydrogen-bond acceptors (Lipinski definition) is 5. The normalized spacial score (nSPS) is 14.7. The molecule has 0 saturated heterocycles. The molecule has 0 radical (unpaired) electrons. The van der Waals surface area contributed by atoms with Crippen molar-refractivity contribution in [3.05, 3.63) is 35.2 Å². The third-order valence-corrected chi connectivity index (χ3v) is 4.43. The van der Waals surface area contributed by atoms with Gasteiger partial charge in [0.1, 0.15) is 11.6 Å². The van der Waals surface area contributed by atoms with Crippen molar-refractivity contribution in [1.82, 2.24) is 29.4 Å². The predicted octanol–water partition coefficient (Wildman–Crippen LogP) is 1.85. The Kier molecular flexibility index (Phi) is 3.11. The Balaban J connectivity index is 1.67. The molecule has 0 spiro atoms. The van der Waals surface area contributed by atoms with Crippen LogP contribution < -0.4 is 4.90 Å². The fourth-order valence-corrected chi connectivity index (χ4v) is 3.31. The maximum absolute atomic E-state index is 4.85. The van der Waals surface area contributed by atoms with E-state index in [-0.39, 0.29) is 0 Å². The Morgan fingerprint density at radius 2 is 1.96 bits per heavy atom. The van der Waals surface area contributed by atoms with Crippen LogP contribution in [0, 0.1) is 6.92 Å². The van der Waals surface area contributed by atoms with E-state index in [0.29, 0.717) is 5.92 Å². The molecule has 1 aliphatic heterocycles. The average Bonchev–Trinajstić information content (AvgIpc) is 3.05. The summed E-state index contributed by atoms with van der Waals surface area (Å²) in [5, 5.41) is 8.89. The lowest BCUT2D eigenvalue weighted by Gasteiger charge is -2.27. The molecule has 0 bridgehead atoms.